The second-order valence-corrected chi connectivity index (χ2v) is 4.75. The number of piperidine rings is 1. The van der Waals surface area contributed by atoms with Gasteiger partial charge in [0.25, 0.3) is 0 Å². The number of aliphatic carboxylic acids is 1. The van der Waals surface area contributed by atoms with Crippen LogP contribution in [-0.2, 0) is 14.3 Å². The van der Waals surface area contributed by atoms with Gasteiger partial charge in [0.2, 0.25) is 5.91 Å². The first kappa shape index (κ1) is 14.7. The number of nitrogens with zero attached hydrogens (tertiary/aromatic N) is 1. The van der Waals surface area contributed by atoms with E-state index in [1.54, 1.807) is 18.9 Å². The molecule has 18 heavy (non-hydrogen) atoms. The highest BCUT2D eigenvalue weighted by Crippen LogP contribution is 2.19. The zero-order valence-electron chi connectivity index (χ0n) is 11.2. The fourth-order valence-electron chi connectivity index (χ4n) is 2.10. The van der Waals surface area contributed by atoms with Crippen molar-refractivity contribution in [2.75, 3.05) is 26.8 Å². The first-order chi connectivity index (χ1) is 8.47. The van der Waals surface area contributed by atoms with Gasteiger partial charge in [0, 0.05) is 38.0 Å². The zero-order chi connectivity index (χ0) is 13.7. The molecular weight excluding hydrogens is 234 g/mol. The van der Waals surface area contributed by atoms with Crippen LogP contribution in [0, 0.1) is 5.92 Å². The molecular formula is C13H21NO4. The van der Waals surface area contributed by atoms with E-state index in [1.165, 1.54) is 6.92 Å². The Balaban J connectivity index is 2.60. The number of hydrogen-bond acceptors (Lipinski definition) is 3. The zero-order valence-corrected chi connectivity index (χ0v) is 11.2. The SMILES string of the molecule is COCC1CCN(C(=O)C(C)=C(C)C(=O)O)CC1. The second kappa shape index (κ2) is 6.54. The largest absolute Gasteiger partial charge is 0.478 e. The summed E-state index contributed by atoms with van der Waals surface area (Å²) in [6.45, 7) is 5.12. The fourth-order valence-corrected chi connectivity index (χ4v) is 2.10. The van der Waals surface area contributed by atoms with E-state index >= 15 is 0 Å². The number of carboxylic acids is 1. The van der Waals surface area contributed by atoms with Gasteiger partial charge < -0.3 is 14.7 Å². The van der Waals surface area contributed by atoms with Gasteiger partial charge >= 0.3 is 5.97 Å². The summed E-state index contributed by atoms with van der Waals surface area (Å²) >= 11 is 0. The molecule has 0 spiro atoms. The molecule has 0 bridgehead atoms. The standard InChI is InChI=1S/C13H21NO4/c1-9(10(2)13(16)17)12(15)14-6-4-11(5-7-14)8-18-3/h11H,4-8H2,1-3H3,(H,16,17). The Morgan fingerprint density at radius 2 is 1.78 bits per heavy atom. The van der Waals surface area contributed by atoms with Gasteiger partial charge in [0.15, 0.2) is 0 Å². The van der Waals surface area contributed by atoms with Crippen molar-refractivity contribution in [3.63, 3.8) is 0 Å². The molecule has 0 radical (unpaired) electrons. The van der Waals surface area contributed by atoms with Crippen molar-refractivity contribution < 1.29 is 19.4 Å². The van der Waals surface area contributed by atoms with E-state index in [0.29, 0.717) is 24.6 Å². The molecule has 1 amide bonds. The predicted molar refractivity (Wildman–Crippen MR) is 67.2 cm³/mol. The molecule has 1 aliphatic heterocycles. The van der Waals surface area contributed by atoms with Gasteiger partial charge in [-0.25, -0.2) is 4.79 Å². The highest BCUT2D eigenvalue weighted by molar-refractivity contribution is 6.01. The number of methoxy groups -OCH3 is 1. The first-order valence-corrected chi connectivity index (χ1v) is 6.16. The number of carbonyl (C=O) groups is 2. The van der Waals surface area contributed by atoms with Gasteiger partial charge in [-0.05, 0) is 32.6 Å². The summed E-state index contributed by atoms with van der Waals surface area (Å²) in [5.74, 6) is -0.690. The normalized spacial score (nSPS) is 18.5. The average Bonchev–Trinajstić information content (AvgIpc) is 2.37. The molecule has 5 nitrogen and oxygen atoms in total. The summed E-state index contributed by atoms with van der Waals surface area (Å²) in [5, 5.41) is 8.87. The number of ether oxygens (including phenoxy) is 1. The molecule has 0 aromatic rings. The third kappa shape index (κ3) is 3.57. The van der Waals surface area contributed by atoms with Gasteiger partial charge in [-0.3, -0.25) is 4.79 Å². The highest BCUT2D eigenvalue weighted by Gasteiger charge is 2.24. The number of hydrogen-bond donors (Lipinski definition) is 1. The molecule has 1 aliphatic rings. The lowest BCUT2D eigenvalue weighted by Crippen LogP contribution is -2.40. The summed E-state index contributed by atoms with van der Waals surface area (Å²) in [7, 11) is 1.68. The molecule has 102 valence electrons. The van der Waals surface area contributed by atoms with E-state index in [1.807, 2.05) is 0 Å². The monoisotopic (exact) mass is 255 g/mol. The van der Waals surface area contributed by atoms with E-state index < -0.39 is 5.97 Å². The van der Waals surface area contributed by atoms with Crippen LogP contribution in [0.2, 0.25) is 0 Å². The first-order valence-electron chi connectivity index (χ1n) is 6.16. The minimum atomic E-state index is -1.03. The highest BCUT2D eigenvalue weighted by atomic mass is 16.5. The van der Waals surface area contributed by atoms with Crippen LogP contribution < -0.4 is 0 Å². The summed E-state index contributed by atoms with van der Waals surface area (Å²) in [6.07, 6.45) is 1.83. The fraction of sp³-hybridized carbons (Fsp3) is 0.692. The Hall–Kier alpha value is -1.36. The molecule has 0 aromatic carbocycles. The molecule has 0 saturated carbocycles. The van der Waals surface area contributed by atoms with Crippen LogP contribution in [0.4, 0.5) is 0 Å². The van der Waals surface area contributed by atoms with E-state index in [0.717, 1.165) is 19.4 Å². The van der Waals surface area contributed by atoms with Crippen molar-refractivity contribution in [1.29, 1.82) is 0 Å². The van der Waals surface area contributed by atoms with Crippen molar-refractivity contribution in [3.05, 3.63) is 11.1 Å². The Morgan fingerprint density at radius 1 is 1.22 bits per heavy atom. The van der Waals surface area contributed by atoms with Crippen molar-refractivity contribution >= 4 is 11.9 Å². The number of carbonyl (C=O) groups excluding carboxylic acids is 1. The van der Waals surface area contributed by atoms with Gasteiger partial charge in [-0.1, -0.05) is 0 Å². The molecule has 0 aliphatic carbocycles. The molecule has 1 heterocycles. The van der Waals surface area contributed by atoms with Gasteiger partial charge in [0.05, 0.1) is 0 Å². The topological polar surface area (TPSA) is 66.8 Å². The molecule has 1 saturated heterocycles. The lowest BCUT2D eigenvalue weighted by molar-refractivity contribution is -0.134. The Morgan fingerprint density at radius 3 is 2.22 bits per heavy atom. The number of carboxylic acid groups (broad SMARTS) is 1. The Kier molecular flexibility index (Phi) is 5.34. The van der Waals surface area contributed by atoms with Crippen LogP contribution >= 0.6 is 0 Å². The van der Waals surface area contributed by atoms with Crippen LogP contribution in [0.1, 0.15) is 26.7 Å². The average molecular weight is 255 g/mol. The van der Waals surface area contributed by atoms with E-state index in [4.69, 9.17) is 9.84 Å². The molecule has 0 aromatic heterocycles. The molecule has 0 atom stereocenters. The lowest BCUT2D eigenvalue weighted by Gasteiger charge is -2.32. The maximum Gasteiger partial charge on any atom is 0.331 e. The molecule has 1 fully saturated rings. The van der Waals surface area contributed by atoms with E-state index in [2.05, 4.69) is 0 Å². The molecule has 1 N–H and O–H groups in total. The van der Waals surface area contributed by atoms with Crippen LogP contribution in [0.15, 0.2) is 11.1 Å². The van der Waals surface area contributed by atoms with Crippen molar-refractivity contribution in [3.8, 4) is 0 Å². The number of likely N-dealkylation sites (tertiary alicyclic amines) is 1. The van der Waals surface area contributed by atoms with E-state index in [-0.39, 0.29) is 11.5 Å². The minimum absolute atomic E-state index is 0.124. The van der Waals surface area contributed by atoms with Crippen molar-refractivity contribution in [2.24, 2.45) is 5.92 Å². The van der Waals surface area contributed by atoms with Gasteiger partial charge in [-0.15, -0.1) is 0 Å². The maximum atomic E-state index is 12.1. The van der Waals surface area contributed by atoms with Crippen LogP contribution in [-0.4, -0.2) is 48.7 Å². The predicted octanol–water partition coefficient (Wildman–Crippen LogP) is 1.29. The number of amides is 1. The summed E-state index contributed by atoms with van der Waals surface area (Å²) in [6, 6.07) is 0. The second-order valence-electron chi connectivity index (χ2n) is 4.75. The molecule has 0 unspecified atom stereocenters. The third-order valence-electron chi connectivity index (χ3n) is 3.51. The van der Waals surface area contributed by atoms with Crippen LogP contribution in [0.5, 0.6) is 0 Å². The quantitative estimate of drug-likeness (QED) is 0.769. The van der Waals surface area contributed by atoms with Crippen molar-refractivity contribution in [2.45, 2.75) is 26.7 Å². The lowest BCUT2D eigenvalue weighted by atomic mass is 9.97. The minimum Gasteiger partial charge on any atom is -0.478 e. The summed E-state index contributed by atoms with van der Waals surface area (Å²) < 4.78 is 5.10. The third-order valence-corrected chi connectivity index (χ3v) is 3.51. The maximum absolute atomic E-state index is 12.1. The molecule has 5 heteroatoms. The Bertz CT molecular complexity index is 354. The summed E-state index contributed by atoms with van der Waals surface area (Å²) in [5.41, 5.74) is 0.451. The molecule has 1 rings (SSSR count). The van der Waals surface area contributed by atoms with Crippen LogP contribution in [0.3, 0.4) is 0 Å². The summed E-state index contributed by atoms with van der Waals surface area (Å²) in [4.78, 5) is 24.6. The van der Waals surface area contributed by atoms with Gasteiger partial charge in [0.1, 0.15) is 0 Å². The van der Waals surface area contributed by atoms with Crippen LogP contribution in [0.25, 0.3) is 0 Å². The van der Waals surface area contributed by atoms with Gasteiger partial charge in [-0.2, -0.15) is 0 Å². The van der Waals surface area contributed by atoms with Crippen molar-refractivity contribution in [1.82, 2.24) is 4.90 Å². The van der Waals surface area contributed by atoms with E-state index in [9.17, 15) is 9.59 Å². The smallest absolute Gasteiger partial charge is 0.331 e. The Labute approximate surface area is 107 Å². The number of rotatable bonds is 4.